The lowest BCUT2D eigenvalue weighted by Gasteiger charge is -2.39. The summed E-state index contributed by atoms with van der Waals surface area (Å²) >= 11 is 0. The van der Waals surface area contributed by atoms with Crippen LogP contribution in [0.4, 0.5) is 0 Å². The number of nitrogens with zero attached hydrogens (tertiary/aromatic N) is 1. The van der Waals surface area contributed by atoms with Crippen molar-refractivity contribution in [1.82, 2.24) is 9.62 Å². The normalized spacial score (nSPS) is 22.0. The SMILES string of the molecule is CCS(=O)(=O)N1CCC2(CC1)Cc1ccccc1CNC2=O. The van der Waals surface area contributed by atoms with Crippen LogP contribution in [-0.4, -0.2) is 37.5 Å². The van der Waals surface area contributed by atoms with Gasteiger partial charge in [0, 0.05) is 19.6 Å². The fraction of sp³-hybridized carbons (Fsp3) is 0.562. The van der Waals surface area contributed by atoms with Gasteiger partial charge in [-0.2, -0.15) is 0 Å². The quantitative estimate of drug-likeness (QED) is 0.892. The van der Waals surface area contributed by atoms with E-state index in [9.17, 15) is 13.2 Å². The molecule has 0 unspecified atom stereocenters. The maximum absolute atomic E-state index is 12.6. The maximum Gasteiger partial charge on any atom is 0.226 e. The van der Waals surface area contributed by atoms with Crippen LogP contribution >= 0.6 is 0 Å². The van der Waals surface area contributed by atoms with E-state index in [0.717, 1.165) is 5.56 Å². The Morgan fingerprint density at radius 3 is 2.45 bits per heavy atom. The fourth-order valence-electron chi connectivity index (χ4n) is 3.49. The van der Waals surface area contributed by atoms with Gasteiger partial charge in [-0.05, 0) is 37.3 Å². The van der Waals surface area contributed by atoms with Gasteiger partial charge in [0.1, 0.15) is 0 Å². The molecule has 0 radical (unpaired) electrons. The molecule has 1 fully saturated rings. The highest BCUT2D eigenvalue weighted by Gasteiger charge is 2.44. The van der Waals surface area contributed by atoms with Crippen LogP contribution in [0.2, 0.25) is 0 Å². The summed E-state index contributed by atoms with van der Waals surface area (Å²) in [5, 5.41) is 3.02. The van der Waals surface area contributed by atoms with E-state index < -0.39 is 15.4 Å². The van der Waals surface area contributed by atoms with Crippen molar-refractivity contribution >= 4 is 15.9 Å². The van der Waals surface area contributed by atoms with Crippen LogP contribution in [0, 0.1) is 5.41 Å². The first-order valence-electron chi connectivity index (χ1n) is 7.80. The third-order valence-electron chi connectivity index (χ3n) is 5.01. The van der Waals surface area contributed by atoms with E-state index in [2.05, 4.69) is 11.4 Å². The molecule has 0 bridgehead atoms. The molecule has 6 heteroatoms. The van der Waals surface area contributed by atoms with Crippen LogP contribution in [0.5, 0.6) is 0 Å². The van der Waals surface area contributed by atoms with Gasteiger partial charge in [0.25, 0.3) is 0 Å². The summed E-state index contributed by atoms with van der Waals surface area (Å²) in [4.78, 5) is 12.6. The number of carbonyl (C=O) groups excluding carboxylic acids is 1. The van der Waals surface area contributed by atoms with Gasteiger partial charge >= 0.3 is 0 Å². The summed E-state index contributed by atoms with van der Waals surface area (Å²) in [6.07, 6.45) is 1.88. The molecule has 5 nitrogen and oxygen atoms in total. The number of sulfonamides is 1. The zero-order chi connectivity index (χ0) is 15.8. The standard InChI is InChI=1S/C16H22N2O3S/c1-2-22(20,21)18-9-7-16(8-10-18)11-13-5-3-4-6-14(13)12-17-15(16)19/h3-6H,2,7-12H2,1H3,(H,17,19). The highest BCUT2D eigenvalue weighted by molar-refractivity contribution is 7.89. The number of rotatable bonds is 2. The van der Waals surface area contributed by atoms with E-state index in [1.807, 2.05) is 18.2 Å². The van der Waals surface area contributed by atoms with Crippen molar-refractivity contribution in [3.8, 4) is 0 Å². The topological polar surface area (TPSA) is 66.5 Å². The average Bonchev–Trinajstić information content (AvgIpc) is 2.66. The molecule has 1 amide bonds. The van der Waals surface area contributed by atoms with E-state index in [-0.39, 0.29) is 11.7 Å². The minimum absolute atomic E-state index is 0.0669. The number of hydrogen-bond acceptors (Lipinski definition) is 3. The lowest BCUT2D eigenvalue weighted by Crippen LogP contribution is -2.50. The molecule has 1 N–H and O–H groups in total. The Bertz CT molecular complexity index is 676. The summed E-state index contributed by atoms with van der Waals surface area (Å²) < 4.78 is 25.5. The molecule has 1 aromatic carbocycles. The molecule has 3 rings (SSSR count). The Morgan fingerprint density at radius 2 is 1.82 bits per heavy atom. The molecule has 1 spiro atoms. The van der Waals surface area contributed by atoms with Crippen LogP contribution in [0.25, 0.3) is 0 Å². The molecule has 0 aliphatic carbocycles. The highest BCUT2D eigenvalue weighted by atomic mass is 32.2. The molecule has 1 aromatic rings. The second kappa shape index (κ2) is 5.66. The highest BCUT2D eigenvalue weighted by Crippen LogP contribution is 2.38. The first-order valence-corrected chi connectivity index (χ1v) is 9.41. The number of fused-ring (bicyclic) bond motifs is 1. The molecule has 22 heavy (non-hydrogen) atoms. The predicted octanol–water partition coefficient (Wildman–Crippen LogP) is 1.29. The van der Waals surface area contributed by atoms with Gasteiger partial charge in [-0.1, -0.05) is 24.3 Å². The van der Waals surface area contributed by atoms with Crippen LogP contribution in [0.1, 0.15) is 30.9 Å². The lowest BCUT2D eigenvalue weighted by atomic mass is 9.73. The molecule has 0 atom stereocenters. The number of piperidine rings is 1. The van der Waals surface area contributed by atoms with Crippen molar-refractivity contribution in [2.24, 2.45) is 5.41 Å². The van der Waals surface area contributed by atoms with E-state index >= 15 is 0 Å². The van der Waals surface area contributed by atoms with Crippen LogP contribution in [0.3, 0.4) is 0 Å². The van der Waals surface area contributed by atoms with Crippen LogP contribution in [0.15, 0.2) is 24.3 Å². The van der Waals surface area contributed by atoms with Crippen molar-refractivity contribution in [2.75, 3.05) is 18.8 Å². The zero-order valence-corrected chi connectivity index (χ0v) is 13.7. The summed E-state index contributed by atoms with van der Waals surface area (Å²) in [6, 6.07) is 8.11. The Morgan fingerprint density at radius 1 is 1.18 bits per heavy atom. The first-order chi connectivity index (χ1) is 10.5. The largest absolute Gasteiger partial charge is 0.352 e. The molecule has 2 heterocycles. The minimum atomic E-state index is -3.16. The number of amides is 1. The van der Waals surface area contributed by atoms with Crippen LogP contribution in [-0.2, 0) is 27.8 Å². The second-order valence-corrected chi connectivity index (χ2v) is 8.47. The number of nitrogens with one attached hydrogen (secondary N) is 1. The summed E-state index contributed by atoms with van der Waals surface area (Å²) in [5.74, 6) is 0.187. The monoisotopic (exact) mass is 322 g/mol. The fourth-order valence-corrected chi connectivity index (χ4v) is 4.59. The van der Waals surface area contributed by atoms with E-state index in [4.69, 9.17) is 0 Å². The van der Waals surface area contributed by atoms with E-state index in [0.29, 0.717) is 38.9 Å². The Kier molecular flexibility index (Phi) is 3.99. The molecule has 0 aromatic heterocycles. The third-order valence-corrected chi connectivity index (χ3v) is 6.89. The molecule has 0 saturated carbocycles. The smallest absolute Gasteiger partial charge is 0.226 e. The molecular weight excluding hydrogens is 300 g/mol. The molecule has 1 saturated heterocycles. The van der Waals surface area contributed by atoms with Gasteiger partial charge in [0.2, 0.25) is 15.9 Å². The molecule has 2 aliphatic heterocycles. The Hall–Kier alpha value is -1.40. The number of hydrogen-bond donors (Lipinski definition) is 1. The first kappa shape index (κ1) is 15.5. The van der Waals surface area contributed by atoms with Crippen molar-refractivity contribution in [3.05, 3.63) is 35.4 Å². The summed E-state index contributed by atoms with van der Waals surface area (Å²) in [7, 11) is -3.16. The van der Waals surface area contributed by atoms with Crippen LogP contribution < -0.4 is 5.32 Å². The van der Waals surface area contributed by atoms with Gasteiger partial charge in [-0.3, -0.25) is 4.79 Å². The van der Waals surface area contributed by atoms with Crippen molar-refractivity contribution in [1.29, 1.82) is 0 Å². The summed E-state index contributed by atoms with van der Waals surface area (Å²) in [6.45, 7) is 3.10. The maximum atomic E-state index is 12.6. The van der Waals surface area contributed by atoms with Gasteiger partial charge in [-0.25, -0.2) is 12.7 Å². The van der Waals surface area contributed by atoms with Gasteiger partial charge in [0.05, 0.1) is 11.2 Å². The molecule has 120 valence electrons. The average molecular weight is 322 g/mol. The van der Waals surface area contributed by atoms with Crippen molar-refractivity contribution in [3.63, 3.8) is 0 Å². The minimum Gasteiger partial charge on any atom is -0.352 e. The Balaban J connectivity index is 1.84. The Labute approximate surface area is 131 Å². The van der Waals surface area contributed by atoms with Gasteiger partial charge in [0.15, 0.2) is 0 Å². The van der Waals surface area contributed by atoms with Crippen molar-refractivity contribution in [2.45, 2.75) is 32.7 Å². The second-order valence-electron chi connectivity index (χ2n) is 6.21. The van der Waals surface area contributed by atoms with Gasteiger partial charge < -0.3 is 5.32 Å². The predicted molar refractivity (Wildman–Crippen MR) is 84.7 cm³/mol. The zero-order valence-electron chi connectivity index (χ0n) is 12.8. The van der Waals surface area contributed by atoms with Gasteiger partial charge in [-0.15, -0.1) is 0 Å². The number of carbonyl (C=O) groups is 1. The third kappa shape index (κ3) is 2.65. The molecule has 2 aliphatic rings. The van der Waals surface area contributed by atoms with E-state index in [1.54, 1.807) is 6.92 Å². The van der Waals surface area contributed by atoms with E-state index in [1.165, 1.54) is 9.87 Å². The molecular formula is C16H22N2O3S. The lowest BCUT2D eigenvalue weighted by molar-refractivity contribution is -0.133. The number of benzene rings is 1. The summed E-state index contributed by atoms with van der Waals surface area (Å²) in [5.41, 5.74) is 1.90. The van der Waals surface area contributed by atoms with Crippen molar-refractivity contribution < 1.29 is 13.2 Å².